The molecule has 6 heteroatoms. The second kappa shape index (κ2) is 5.16. The van der Waals surface area contributed by atoms with Gasteiger partial charge in [0.05, 0.1) is 0 Å². The zero-order chi connectivity index (χ0) is 13.1. The summed E-state index contributed by atoms with van der Waals surface area (Å²) in [5.74, 6) is 0.336. The van der Waals surface area contributed by atoms with Crippen LogP contribution < -0.4 is 5.32 Å². The number of nitrogens with one attached hydrogen (secondary N) is 1. The zero-order valence-electron chi connectivity index (χ0n) is 10.4. The molecule has 1 aliphatic rings. The van der Waals surface area contributed by atoms with Gasteiger partial charge in [0.1, 0.15) is 11.1 Å². The number of thioether (sulfide) groups is 1. The van der Waals surface area contributed by atoms with Gasteiger partial charge in [-0.2, -0.15) is 11.8 Å². The molecule has 0 aliphatic carbocycles. The Bertz CT molecular complexity index is 305. The van der Waals surface area contributed by atoms with Gasteiger partial charge < -0.3 is 15.2 Å². The number of hydrogen-bond donors (Lipinski definition) is 2. The number of hydrogen-bond acceptors (Lipinski definition) is 4. The van der Waals surface area contributed by atoms with E-state index in [2.05, 4.69) is 5.32 Å². The minimum atomic E-state index is -1.18. The monoisotopic (exact) mass is 261 g/mol. The Balaban J connectivity index is 2.67. The second-order valence-electron chi connectivity index (χ2n) is 5.17. The average Bonchev–Trinajstić information content (AvgIpc) is 2.15. The molecular formula is C11H19NO4S. The molecule has 98 valence electrons. The van der Waals surface area contributed by atoms with Gasteiger partial charge in [0, 0.05) is 5.75 Å². The molecule has 1 rings (SSSR count). The number of carbonyl (C=O) groups is 2. The van der Waals surface area contributed by atoms with Crippen molar-refractivity contribution in [3.05, 3.63) is 0 Å². The van der Waals surface area contributed by atoms with E-state index < -0.39 is 23.2 Å². The largest absolute Gasteiger partial charge is 0.479 e. The van der Waals surface area contributed by atoms with Crippen molar-refractivity contribution in [2.75, 3.05) is 11.5 Å². The molecule has 5 nitrogen and oxygen atoms in total. The number of carboxylic acid groups (broad SMARTS) is 1. The summed E-state index contributed by atoms with van der Waals surface area (Å²) in [5.41, 5.74) is -1.79. The molecule has 1 heterocycles. The van der Waals surface area contributed by atoms with E-state index in [-0.39, 0.29) is 0 Å². The Morgan fingerprint density at radius 1 is 1.41 bits per heavy atom. The topological polar surface area (TPSA) is 75.6 Å². The number of carboxylic acids is 1. The summed E-state index contributed by atoms with van der Waals surface area (Å²) in [6, 6.07) is 0. The summed E-state index contributed by atoms with van der Waals surface area (Å²) in [6.07, 6.45) is 0.573. The number of ether oxygens (including phenoxy) is 1. The van der Waals surface area contributed by atoms with Gasteiger partial charge in [-0.15, -0.1) is 0 Å². The Hall–Kier alpha value is -0.910. The highest BCUT2D eigenvalue weighted by atomic mass is 32.2. The van der Waals surface area contributed by atoms with Crippen LogP contribution in [0, 0.1) is 0 Å². The van der Waals surface area contributed by atoms with E-state index in [1.165, 1.54) is 11.8 Å². The van der Waals surface area contributed by atoms with Crippen LogP contribution in [0.4, 0.5) is 4.79 Å². The van der Waals surface area contributed by atoms with Crippen molar-refractivity contribution in [2.45, 2.75) is 44.8 Å². The summed E-state index contributed by atoms with van der Waals surface area (Å²) in [7, 11) is 0. The Morgan fingerprint density at radius 3 is 2.47 bits per heavy atom. The zero-order valence-corrected chi connectivity index (χ0v) is 11.2. The highest BCUT2D eigenvalue weighted by molar-refractivity contribution is 7.99. The quantitative estimate of drug-likeness (QED) is 0.793. The van der Waals surface area contributed by atoms with Crippen molar-refractivity contribution < 1.29 is 19.4 Å². The molecule has 2 N–H and O–H groups in total. The molecule has 1 aliphatic heterocycles. The van der Waals surface area contributed by atoms with E-state index in [0.29, 0.717) is 12.2 Å². The van der Waals surface area contributed by atoms with Crippen LogP contribution in [0.2, 0.25) is 0 Å². The first-order valence-corrected chi connectivity index (χ1v) is 6.73. The normalized spacial score (nSPS) is 25.1. The molecule has 0 saturated carbocycles. The maximum Gasteiger partial charge on any atom is 0.408 e. The Labute approximate surface area is 105 Å². The SMILES string of the molecule is CC(C)(C)OC(=O)N[C@]1(C(=O)O)CCCSC1. The van der Waals surface area contributed by atoms with E-state index in [1.54, 1.807) is 20.8 Å². The maximum absolute atomic E-state index is 11.6. The van der Waals surface area contributed by atoms with E-state index in [0.717, 1.165) is 12.2 Å². The molecule has 17 heavy (non-hydrogen) atoms. The van der Waals surface area contributed by atoms with Crippen LogP contribution in [0.25, 0.3) is 0 Å². The van der Waals surface area contributed by atoms with Crippen molar-refractivity contribution in [1.82, 2.24) is 5.32 Å². The number of carbonyl (C=O) groups excluding carboxylic acids is 1. The predicted molar refractivity (Wildman–Crippen MR) is 66.3 cm³/mol. The van der Waals surface area contributed by atoms with Gasteiger partial charge >= 0.3 is 12.1 Å². The predicted octanol–water partition coefficient (Wildman–Crippen LogP) is 1.86. The third-order valence-electron chi connectivity index (χ3n) is 2.39. The molecule has 0 aromatic rings. The standard InChI is InChI=1S/C11H19NO4S/c1-10(2,3)16-9(15)12-11(8(13)14)5-4-6-17-7-11/h4-7H2,1-3H3,(H,12,15)(H,13,14)/t11-/m1/s1. The summed E-state index contributed by atoms with van der Waals surface area (Å²) >= 11 is 1.54. The molecule has 0 spiro atoms. The first-order chi connectivity index (χ1) is 7.75. The number of rotatable bonds is 2. The lowest BCUT2D eigenvalue weighted by Gasteiger charge is -2.34. The first kappa shape index (κ1) is 14.2. The number of alkyl carbamates (subject to hydrolysis) is 1. The fraction of sp³-hybridized carbons (Fsp3) is 0.818. The third kappa shape index (κ3) is 4.11. The molecule has 0 aromatic heterocycles. The fourth-order valence-electron chi connectivity index (χ4n) is 1.61. The van der Waals surface area contributed by atoms with E-state index >= 15 is 0 Å². The smallest absolute Gasteiger partial charge is 0.408 e. The van der Waals surface area contributed by atoms with Gasteiger partial charge in [-0.25, -0.2) is 9.59 Å². The van der Waals surface area contributed by atoms with Crippen molar-refractivity contribution in [3.63, 3.8) is 0 Å². The lowest BCUT2D eigenvalue weighted by Crippen LogP contribution is -2.58. The van der Waals surface area contributed by atoms with Gasteiger partial charge in [-0.3, -0.25) is 0 Å². The first-order valence-electron chi connectivity index (χ1n) is 5.57. The van der Waals surface area contributed by atoms with Crippen LogP contribution >= 0.6 is 11.8 Å². The minimum Gasteiger partial charge on any atom is -0.479 e. The summed E-state index contributed by atoms with van der Waals surface area (Å²) in [6.45, 7) is 5.24. The van der Waals surface area contributed by atoms with Crippen LogP contribution in [0.1, 0.15) is 33.6 Å². The minimum absolute atomic E-state index is 0.390. The Kier molecular flexibility index (Phi) is 4.30. The van der Waals surface area contributed by atoms with E-state index in [1.807, 2.05) is 0 Å². The van der Waals surface area contributed by atoms with Gasteiger partial charge in [-0.05, 0) is 39.4 Å². The summed E-state index contributed by atoms with van der Waals surface area (Å²) in [5, 5.41) is 11.8. The van der Waals surface area contributed by atoms with Gasteiger partial charge in [0.2, 0.25) is 0 Å². The molecule has 1 amide bonds. The summed E-state index contributed by atoms with van der Waals surface area (Å²) in [4.78, 5) is 22.9. The fourth-order valence-corrected chi connectivity index (χ4v) is 2.80. The van der Waals surface area contributed by atoms with Crippen molar-refractivity contribution in [1.29, 1.82) is 0 Å². The molecule has 1 fully saturated rings. The number of aliphatic carboxylic acids is 1. The van der Waals surface area contributed by atoms with Gasteiger partial charge in [-0.1, -0.05) is 0 Å². The van der Waals surface area contributed by atoms with Crippen LogP contribution in [0.5, 0.6) is 0 Å². The van der Waals surface area contributed by atoms with Crippen LogP contribution in [-0.2, 0) is 9.53 Å². The van der Waals surface area contributed by atoms with Crippen molar-refractivity contribution in [2.24, 2.45) is 0 Å². The highest BCUT2D eigenvalue weighted by Gasteiger charge is 2.42. The highest BCUT2D eigenvalue weighted by Crippen LogP contribution is 2.27. The molecule has 0 unspecified atom stereocenters. The molecule has 1 saturated heterocycles. The summed E-state index contributed by atoms with van der Waals surface area (Å²) < 4.78 is 5.09. The van der Waals surface area contributed by atoms with E-state index in [9.17, 15) is 14.7 Å². The third-order valence-corrected chi connectivity index (χ3v) is 3.66. The molecular weight excluding hydrogens is 242 g/mol. The molecule has 0 aromatic carbocycles. The Morgan fingerprint density at radius 2 is 2.06 bits per heavy atom. The van der Waals surface area contributed by atoms with E-state index in [4.69, 9.17) is 4.74 Å². The van der Waals surface area contributed by atoms with Crippen molar-refractivity contribution >= 4 is 23.8 Å². The second-order valence-corrected chi connectivity index (χ2v) is 6.28. The maximum atomic E-state index is 11.6. The van der Waals surface area contributed by atoms with Crippen LogP contribution in [-0.4, -0.2) is 39.8 Å². The van der Waals surface area contributed by atoms with Crippen molar-refractivity contribution in [3.8, 4) is 0 Å². The molecule has 0 bridgehead atoms. The van der Waals surface area contributed by atoms with Gasteiger partial charge in [0.15, 0.2) is 0 Å². The van der Waals surface area contributed by atoms with Gasteiger partial charge in [0.25, 0.3) is 0 Å². The number of amides is 1. The molecule has 1 atom stereocenters. The average molecular weight is 261 g/mol. The van der Waals surface area contributed by atoms with Crippen LogP contribution in [0.15, 0.2) is 0 Å². The lowest BCUT2D eigenvalue weighted by atomic mass is 9.96. The lowest BCUT2D eigenvalue weighted by molar-refractivity contribution is -0.144. The van der Waals surface area contributed by atoms with Crippen LogP contribution in [0.3, 0.4) is 0 Å². The molecule has 0 radical (unpaired) electrons.